The van der Waals surface area contributed by atoms with Gasteiger partial charge in [-0.05, 0) is 47.9 Å². The molecule has 5 rings (SSSR count). The third-order valence-corrected chi connectivity index (χ3v) is 6.33. The zero-order chi connectivity index (χ0) is 24.0. The number of anilines is 2. The van der Waals surface area contributed by atoms with Crippen LogP contribution in [0.5, 0.6) is 0 Å². The second-order valence-electron chi connectivity index (χ2n) is 7.79. The molecule has 8 heteroatoms. The van der Waals surface area contributed by atoms with Gasteiger partial charge in [-0.2, -0.15) is 0 Å². The van der Waals surface area contributed by atoms with E-state index < -0.39 is 0 Å². The number of amides is 1. The van der Waals surface area contributed by atoms with E-state index in [1.54, 1.807) is 12.1 Å². The van der Waals surface area contributed by atoms with Crippen molar-refractivity contribution in [3.63, 3.8) is 0 Å². The molecule has 0 saturated heterocycles. The summed E-state index contributed by atoms with van der Waals surface area (Å²) in [5, 5.41) is 17.6. The van der Waals surface area contributed by atoms with E-state index in [0.29, 0.717) is 17.5 Å². The second-order valence-corrected chi connectivity index (χ2v) is 8.74. The minimum atomic E-state index is -0.288. The molecule has 35 heavy (non-hydrogen) atoms. The number of carbonyl (C=O) groups excluding carboxylic acids is 1. The molecule has 0 aliphatic carbocycles. The molecule has 2 N–H and O–H groups in total. The normalized spacial score (nSPS) is 10.9. The number of hydrogen-bond donors (Lipinski definition) is 2. The highest BCUT2D eigenvalue weighted by Gasteiger charge is 2.16. The molecular formula is C27H22FN5OS. The monoisotopic (exact) mass is 483 g/mol. The first-order valence-corrected chi connectivity index (χ1v) is 12.1. The molecule has 0 unspecified atom stereocenters. The minimum absolute atomic E-state index is 0.125. The van der Waals surface area contributed by atoms with Crippen molar-refractivity contribution in [1.82, 2.24) is 14.8 Å². The lowest BCUT2D eigenvalue weighted by molar-refractivity contribution is -0.113. The first-order valence-electron chi connectivity index (χ1n) is 11.1. The van der Waals surface area contributed by atoms with Crippen LogP contribution in [-0.2, 0) is 11.3 Å². The first kappa shape index (κ1) is 22.6. The van der Waals surface area contributed by atoms with E-state index in [1.165, 1.54) is 23.9 Å². The average Bonchev–Trinajstić information content (AvgIpc) is 3.31. The van der Waals surface area contributed by atoms with Crippen molar-refractivity contribution >= 4 is 39.8 Å². The molecule has 1 amide bonds. The zero-order valence-corrected chi connectivity index (χ0v) is 19.5. The molecule has 0 saturated carbocycles. The Bertz CT molecular complexity index is 1450. The van der Waals surface area contributed by atoms with Gasteiger partial charge in [-0.25, -0.2) is 4.39 Å². The van der Waals surface area contributed by atoms with E-state index in [0.717, 1.165) is 27.8 Å². The number of halogens is 1. The maximum absolute atomic E-state index is 13.2. The summed E-state index contributed by atoms with van der Waals surface area (Å²) >= 11 is 1.32. The van der Waals surface area contributed by atoms with Crippen LogP contribution in [0, 0.1) is 5.82 Å². The quantitative estimate of drug-likeness (QED) is 0.269. The number of para-hydroxylation sites is 1. The maximum atomic E-state index is 13.2. The Morgan fingerprint density at radius 3 is 2.43 bits per heavy atom. The summed E-state index contributed by atoms with van der Waals surface area (Å²) in [4.78, 5) is 12.8. The predicted octanol–water partition coefficient (Wildman–Crippen LogP) is 5.90. The van der Waals surface area contributed by atoms with E-state index in [4.69, 9.17) is 0 Å². The van der Waals surface area contributed by atoms with E-state index >= 15 is 0 Å². The van der Waals surface area contributed by atoms with Crippen molar-refractivity contribution in [2.75, 3.05) is 16.4 Å². The zero-order valence-electron chi connectivity index (χ0n) is 18.7. The van der Waals surface area contributed by atoms with Crippen molar-refractivity contribution in [2.45, 2.75) is 11.7 Å². The largest absolute Gasteiger partial charge is 0.378 e. The molecule has 0 aliphatic heterocycles. The van der Waals surface area contributed by atoms with Crippen LogP contribution in [0.2, 0.25) is 0 Å². The fourth-order valence-electron chi connectivity index (χ4n) is 3.74. The van der Waals surface area contributed by atoms with Crippen LogP contribution in [-0.4, -0.2) is 26.4 Å². The van der Waals surface area contributed by atoms with Gasteiger partial charge < -0.3 is 10.6 Å². The fourth-order valence-corrected chi connectivity index (χ4v) is 4.52. The van der Waals surface area contributed by atoms with Crippen LogP contribution in [0.15, 0.2) is 102 Å². The third-order valence-electron chi connectivity index (χ3n) is 5.41. The van der Waals surface area contributed by atoms with Crippen LogP contribution in [0.3, 0.4) is 0 Å². The number of thioether (sulfide) groups is 1. The van der Waals surface area contributed by atoms with Gasteiger partial charge >= 0.3 is 0 Å². The average molecular weight is 484 g/mol. The number of benzene rings is 4. The molecule has 4 aromatic carbocycles. The van der Waals surface area contributed by atoms with Gasteiger partial charge in [-0.1, -0.05) is 66.4 Å². The summed E-state index contributed by atoms with van der Waals surface area (Å²) in [6.45, 7) is 0.385. The first-order chi connectivity index (χ1) is 17.2. The molecule has 1 heterocycles. The molecule has 0 spiro atoms. The maximum Gasteiger partial charge on any atom is 0.234 e. The van der Waals surface area contributed by atoms with Crippen molar-refractivity contribution in [3.8, 4) is 5.69 Å². The second kappa shape index (κ2) is 10.4. The molecule has 0 atom stereocenters. The van der Waals surface area contributed by atoms with E-state index in [9.17, 15) is 9.18 Å². The van der Waals surface area contributed by atoms with Crippen LogP contribution < -0.4 is 10.6 Å². The molecule has 0 bridgehead atoms. The number of hydrogen-bond acceptors (Lipinski definition) is 5. The predicted molar refractivity (Wildman–Crippen MR) is 138 cm³/mol. The third kappa shape index (κ3) is 5.33. The van der Waals surface area contributed by atoms with Gasteiger partial charge in [0, 0.05) is 22.4 Å². The highest BCUT2D eigenvalue weighted by molar-refractivity contribution is 7.99. The summed E-state index contributed by atoms with van der Waals surface area (Å²) in [6, 6.07) is 29.7. The highest BCUT2D eigenvalue weighted by atomic mass is 32.2. The summed E-state index contributed by atoms with van der Waals surface area (Å²) in [6.07, 6.45) is 0. The molecular weight excluding hydrogens is 461 g/mol. The van der Waals surface area contributed by atoms with Crippen molar-refractivity contribution in [3.05, 3.63) is 109 Å². The SMILES string of the molecule is O=C(CSc1nnc(CNc2ccc(F)cc2)n1-c1ccccc1)Nc1cccc2ccccc12. The Kier molecular flexibility index (Phi) is 6.72. The Balaban J connectivity index is 1.32. The highest BCUT2D eigenvalue weighted by Crippen LogP contribution is 2.25. The van der Waals surface area contributed by atoms with Gasteiger partial charge in [0.2, 0.25) is 5.91 Å². The standard InChI is InChI=1S/C27H22FN5OS/c28-20-13-15-21(16-14-20)29-17-25-31-32-27(33(25)22-9-2-1-3-10-22)35-18-26(34)30-24-12-6-8-19-7-4-5-11-23(19)24/h1-16,29H,17-18H2,(H,30,34). The van der Waals surface area contributed by atoms with Crippen LogP contribution in [0.25, 0.3) is 16.5 Å². The number of fused-ring (bicyclic) bond motifs is 1. The molecule has 5 aromatic rings. The van der Waals surface area contributed by atoms with Gasteiger partial charge in [0.05, 0.1) is 12.3 Å². The fraction of sp³-hybridized carbons (Fsp3) is 0.0741. The van der Waals surface area contributed by atoms with Crippen molar-refractivity contribution in [1.29, 1.82) is 0 Å². The van der Waals surface area contributed by atoms with Gasteiger partial charge in [-0.15, -0.1) is 10.2 Å². The lowest BCUT2D eigenvalue weighted by atomic mass is 10.1. The topological polar surface area (TPSA) is 71.8 Å². The van der Waals surface area contributed by atoms with Crippen LogP contribution in [0.4, 0.5) is 15.8 Å². The molecule has 0 fully saturated rings. The van der Waals surface area contributed by atoms with Crippen molar-refractivity contribution in [2.24, 2.45) is 0 Å². The Morgan fingerprint density at radius 1 is 0.857 bits per heavy atom. The molecule has 6 nitrogen and oxygen atoms in total. The molecule has 174 valence electrons. The van der Waals surface area contributed by atoms with Gasteiger partial charge in [0.25, 0.3) is 0 Å². The van der Waals surface area contributed by atoms with Crippen LogP contribution in [0.1, 0.15) is 5.82 Å². The summed E-state index contributed by atoms with van der Waals surface area (Å²) in [5.41, 5.74) is 2.45. The smallest absolute Gasteiger partial charge is 0.234 e. The Labute approximate surface area is 206 Å². The lowest BCUT2D eigenvalue weighted by Crippen LogP contribution is -2.15. The van der Waals surface area contributed by atoms with Crippen molar-refractivity contribution < 1.29 is 9.18 Å². The summed E-state index contributed by atoms with van der Waals surface area (Å²) in [5.74, 6) is 0.445. The molecule has 0 aliphatic rings. The number of nitrogens with zero attached hydrogens (tertiary/aromatic N) is 3. The molecule has 0 radical (unpaired) electrons. The van der Waals surface area contributed by atoms with Gasteiger partial charge in [0.1, 0.15) is 5.82 Å². The van der Waals surface area contributed by atoms with Crippen LogP contribution >= 0.6 is 11.8 Å². The minimum Gasteiger partial charge on any atom is -0.378 e. The summed E-state index contributed by atoms with van der Waals surface area (Å²) in [7, 11) is 0. The van der Waals surface area contributed by atoms with E-state index in [2.05, 4.69) is 20.8 Å². The number of aromatic nitrogens is 3. The Morgan fingerprint density at radius 2 is 1.60 bits per heavy atom. The lowest BCUT2D eigenvalue weighted by Gasteiger charge is -2.12. The van der Waals surface area contributed by atoms with Gasteiger partial charge in [0.15, 0.2) is 11.0 Å². The number of nitrogens with one attached hydrogen (secondary N) is 2. The molecule has 1 aromatic heterocycles. The number of carbonyl (C=O) groups is 1. The Hall–Kier alpha value is -4.17. The van der Waals surface area contributed by atoms with E-state index in [-0.39, 0.29) is 17.5 Å². The summed E-state index contributed by atoms with van der Waals surface area (Å²) < 4.78 is 15.1. The van der Waals surface area contributed by atoms with E-state index in [1.807, 2.05) is 77.4 Å². The number of rotatable bonds is 8. The van der Waals surface area contributed by atoms with Gasteiger partial charge in [-0.3, -0.25) is 9.36 Å².